The summed E-state index contributed by atoms with van der Waals surface area (Å²) in [7, 11) is 0. The topological polar surface area (TPSA) is 176 Å². The van der Waals surface area contributed by atoms with Gasteiger partial charge in [-0.3, -0.25) is 9.69 Å². The zero-order valence-corrected chi connectivity index (χ0v) is 24.6. The number of carbonyl (C=O) groups is 1. The highest BCUT2D eigenvalue weighted by molar-refractivity contribution is 5.97. The first kappa shape index (κ1) is 28.9. The van der Waals surface area contributed by atoms with Gasteiger partial charge in [0.15, 0.2) is 23.0 Å². The van der Waals surface area contributed by atoms with Gasteiger partial charge in [-0.25, -0.2) is 9.37 Å². The Morgan fingerprint density at radius 2 is 1.93 bits per heavy atom. The number of ether oxygens (including phenoxy) is 3. The molecule has 45 heavy (non-hydrogen) atoms. The van der Waals surface area contributed by atoms with Crippen molar-refractivity contribution in [1.82, 2.24) is 24.6 Å². The number of nitrogens with two attached hydrogens (primary N) is 2. The molecular formula is C31H33FN8O5. The second-order valence-corrected chi connectivity index (χ2v) is 11.8. The van der Waals surface area contributed by atoms with Crippen LogP contribution in [-0.2, 0) is 23.6 Å². The molecular weight excluding hydrogens is 583 g/mol. The normalized spacial score (nSPS) is 22.1. The fourth-order valence-corrected chi connectivity index (χ4v) is 6.31. The van der Waals surface area contributed by atoms with Crippen LogP contribution in [0.25, 0.3) is 11.2 Å². The van der Waals surface area contributed by atoms with Crippen molar-refractivity contribution in [1.29, 1.82) is 0 Å². The molecule has 14 heteroatoms. The first-order chi connectivity index (χ1) is 21.7. The maximum Gasteiger partial charge on any atom is 0.278 e. The third-order valence-corrected chi connectivity index (χ3v) is 8.87. The molecule has 0 aliphatic carbocycles. The zero-order valence-electron chi connectivity index (χ0n) is 24.6. The largest absolute Gasteiger partial charge is 0.444 e. The molecule has 0 radical (unpaired) electrons. The fourth-order valence-electron chi connectivity index (χ4n) is 6.31. The van der Waals surface area contributed by atoms with Gasteiger partial charge in [-0.2, -0.15) is 0 Å². The van der Waals surface area contributed by atoms with Crippen molar-refractivity contribution in [2.75, 3.05) is 19.7 Å². The maximum absolute atomic E-state index is 15.1. The molecule has 3 aliphatic heterocycles. The first-order valence-electron chi connectivity index (χ1n) is 14.9. The van der Waals surface area contributed by atoms with Crippen LogP contribution >= 0.6 is 0 Å². The average molecular weight is 617 g/mol. The third kappa shape index (κ3) is 5.29. The van der Waals surface area contributed by atoms with Crippen LogP contribution in [0, 0.1) is 5.82 Å². The Kier molecular flexibility index (Phi) is 7.25. The summed E-state index contributed by atoms with van der Waals surface area (Å²) >= 11 is 0. The summed E-state index contributed by atoms with van der Waals surface area (Å²) in [6.07, 6.45) is 2.81. The van der Waals surface area contributed by atoms with Crippen molar-refractivity contribution in [3.05, 3.63) is 76.5 Å². The number of benzene rings is 2. The Labute approximate surface area is 257 Å². The summed E-state index contributed by atoms with van der Waals surface area (Å²) in [4.78, 5) is 18.7. The van der Waals surface area contributed by atoms with Gasteiger partial charge in [0.1, 0.15) is 22.9 Å². The van der Waals surface area contributed by atoms with E-state index in [1.165, 1.54) is 12.1 Å². The minimum Gasteiger partial charge on any atom is -0.444 e. The number of piperidine rings is 1. The Bertz CT molecular complexity index is 1820. The SMILES string of the molecule is CC1(c2ccc(C(N)=O)cc2F)Oc2cccc(C3CCN(Cc4nc5cc(C(N)=NO)nnc5n4CC4CCO4)CC3)c2O1. The van der Waals surface area contributed by atoms with Crippen LogP contribution in [0.15, 0.2) is 47.6 Å². The quantitative estimate of drug-likeness (QED) is 0.115. The molecule has 1 amide bonds. The second kappa shape index (κ2) is 11.3. The molecule has 2 fully saturated rings. The summed E-state index contributed by atoms with van der Waals surface area (Å²) in [5.74, 6) is -0.630. The van der Waals surface area contributed by atoms with E-state index < -0.39 is 17.5 Å². The average Bonchev–Trinajstić information content (AvgIpc) is 3.54. The molecule has 2 saturated heterocycles. The molecule has 0 bridgehead atoms. The van der Waals surface area contributed by atoms with E-state index in [9.17, 15) is 4.79 Å². The number of likely N-dealkylation sites (tertiary alicyclic amines) is 1. The summed E-state index contributed by atoms with van der Waals surface area (Å²) < 4.78 is 35.3. The Morgan fingerprint density at radius 1 is 1.13 bits per heavy atom. The molecule has 0 spiro atoms. The minimum atomic E-state index is -1.39. The molecule has 2 unspecified atom stereocenters. The summed E-state index contributed by atoms with van der Waals surface area (Å²) in [5.41, 5.74) is 13.8. The van der Waals surface area contributed by atoms with Gasteiger partial charge < -0.3 is 35.5 Å². The van der Waals surface area contributed by atoms with Gasteiger partial charge >= 0.3 is 0 Å². The van der Waals surface area contributed by atoms with Gasteiger partial charge in [0.2, 0.25) is 5.91 Å². The minimum absolute atomic E-state index is 0.0771. The standard InChI is InChI=1S/C31H33FN8O5/c1-31(21-6-5-18(29(34)41)13-22(21)32)44-25-4-2-3-20(27(25)45-31)17-7-10-39(11-8-17)16-26-35-24-14-23(28(33)38-42)36-37-30(24)40(26)15-19-9-12-43-19/h2-6,13-14,17,19,42H,7-12,15-16H2,1H3,(H2,33,38)(H2,34,41). The number of fused-ring (bicyclic) bond motifs is 2. The maximum atomic E-state index is 15.1. The van der Waals surface area contributed by atoms with Crippen LogP contribution in [0.1, 0.15) is 65.1 Å². The zero-order chi connectivity index (χ0) is 31.3. The number of nitrogens with zero attached hydrogens (tertiary/aromatic N) is 6. The lowest BCUT2D eigenvalue weighted by Crippen LogP contribution is -2.35. The van der Waals surface area contributed by atoms with Crippen molar-refractivity contribution in [2.45, 2.75) is 57.1 Å². The van der Waals surface area contributed by atoms with Crippen LogP contribution in [0.2, 0.25) is 0 Å². The number of amides is 1. The number of hydrogen-bond donors (Lipinski definition) is 3. The number of primary amides is 1. The van der Waals surface area contributed by atoms with Crippen molar-refractivity contribution in [3.63, 3.8) is 0 Å². The number of para-hydroxylation sites is 1. The molecule has 5 N–H and O–H groups in total. The van der Waals surface area contributed by atoms with Gasteiger partial charge in [-0.1, -0.05) is 17.3 Å². The van der Waals surface area contributed by atoms with Crippen molar-refractivity contribution in [2.24, 2.45) is 16.6 Å². The summed E-state index contributed by atoms with van der Waals surface area (Å²) in [6, 6.07) is 11.5. The van der Waals surface area contributed by atoms with Gasteiger partial charge in [0, 0.05) is 24.7 Å². The second-order valence-electron chi connectivity index (χ2n) is 11.8. The monoisotopic (exact) mass is 616 g/mol. The van der Waals surface area contributed by atoms with Crippen LogP contribution in [0.5, 0.6) is 11.5 Å². The van der Waals surface area contributed by atoms with E-state index >= 15 is 4.39 Å². The number of aromatic nitrogens is 4. The molecule has 13 nitrogen and oxygen atoms in total. The smallest absolute Gasteiger partial charge is 0.278 e. The Morgan fingerprint density at radius 3 is 2.62 bits per heavy atom. The lowest BCUT2D eigenvalue weighted by Gasteiger charge is -2.33. The van der Waals surface area contributed by atoms with Gasteiger partial charge in [-0.15, -0.1) is 10.2 Å². The number of hydrogen-bond acceptors (Lipinski definition) is 10. The highest BCUT2D eigenvalue weighted by atomic mass is 19.1. The third-order valence-electron chi connectivity index (χ3n) is 8.87. The number of rotatable bonds is 8. The number of carbonyl (C=O) groups excluding carboxylic acids is 1. The Balaban J connectivity index is 1.07. The molecule has 0 saturated carbocycles. The van der Waals surface area contributed by atoms with E-state index in [0.29, 0.717) is 35.8 Å². The summed E-state index contributed by atoms with van der Waals surface area (Å²) in [6.45, 7) is 5.28. The molecule has 2 aromatic heterocycles. The van der Waals surface area contributed by atoms with E-state index in [2.05, 4.69) is 24.8 Å². The van der Waals surface area contributed by atoms with Gasteiger partial charge in [-0.05, 0) is 68.6 Å². The summed E-state index contributed by atoms with van der Waals surface area (Å²) in [5, 5.41) is 20.6. The van der Waals surface area contributed by atoms with Crippen LogP contribution in [-0.4, -0.2) is 67.4 Å². The molecule has 2 atom stereocenters. The molecule has 7 rings (SSSR count). The lowest BCUT2D eigenvalue weighted by atomic mass is 9.88. The van der Waals surface area contributed by atoms with Gasteiger partial charge in [0.25, 0.3) is 5.79 Å². The van der Waals surface area contributed by atoms with Gasteiger partial charge in [0.05, 0.1) is 24.8 Å². The fraction of sp³-hybridized carbons (Fsp3) is 0.387. The molecule has 4 aromatic rings. The van der Waals surface area contributed by atoms with Crippen molar-refractivity contribution >= 4 is 22.9 Å². The predicted octanol–water partition coefficient (Wildman–Crippen LogP) is 2.97. The van der Waals surface area contributed by atoms with E-state index in [-0.39, 0.29) is 34.7 Å². The molecule has 3 aliphatic rings. The number of amidine groups is 1. The van der Waals surface area contributed by atoms with Crippen LogP contribution in [0.4, 0.5) is 4.39 Å². The van der Waals surface area contributed by atoms with Crippen molar-refractivity contribution in [3.8, 4) is 11.5 Å². The van der Waals surface area contributed by atoms with Crippen LogP contribution in [0.3, 0.4) is 0 Å². The predicted molar refractivity (Wildman–Crippen MR) is 159 cm³/mol. The number of halogens is 1. The first-order valence-corrected chi connectivity index (χ1v) is 14.9. The van der Waals surface area contributed by atoms with E-state index in [0.717, 1.165) is 56.4 Å². The van der Waals surface area contributed by atoms with Crippen molar-refractivity contribution < 1.29 is 28.6 Å². The van der Waals surface area contributed by atoms with E-state index in [1.54, 1.807) is 13.0 Å². The molecule has 2 aromatic carbocycles. The number of oxime groups is 1. The Hall–Kier alpha value is -4.82. The van der Waals surface area contributed by atoms with Crippen LogP contribution < -0.4 is 20.9 Å². The molecule has 5 heterocycles. The highest BCUT2D eigenvalue weighted by Gasteiger charge is 2.43. The van der Waals surface area contributed by atoms with E-state index in [1.807, 2.05) is 18.2 Å². The highest BCUT2D eigenvalue weighted by Crippen LogP contribution is 2.49. The van der Waals surface area contributed by atoms with E-state index in [4.69, 9.17) is 35.9 Å². The molecule has 234 valence electrons. The lowest BCUT2D eigenvalue weighted by molar-refractivity contribution is -0.0712. The number of imidazole rings is 1.